The van der Waals surface area contributed by atoms with Gasteiger partial charge in [0, 0.05) is 18.1 Å². The second-order valence-corrected chi connectivity index (χ2v) is 10.0. The largest absolute Gasteiger partial charge is 0.355 e. The molecule has 0 saturated carbocycles. The van der Waals surface area contributed by atoms with E-state index in [9.17, 15) is 18.0 Å². The summed E-state index contributed by atoms with van der Waals surface area (Å²) in [4.78, 5) is 27.3. The Morgan fingerprint density at radius 2 is 1.75 bits per heavy atom. The number of halogens is 1. The number of rotatable bonds is 9. The van der Waals surface area contributed by atoms with Crippen molar-refractivity contribution in [1.29, 1.82) is 0 Å². The summed E-state index contributed by atoms with van der Waals surface area (Å²) in [6, 6.07) is 11.6. The minimum Gasteiger partial charge on any atom is -0.355 e. The highest BCUT2D eigenvalue weighted by molar-refractivity contribution is 7.92. The molecule has 1 unspecified atom stereocenters. The molecular formula is C23H30ClN3O4S. The number of amides is 2. The van der Waals surface area contributed by atoms with Crippen LogP contribution >= 0.6 is 11.6 Å². The average Bonchev–Trinajstić information content (AvgIpc) is 2.72. The first kappa shape index (κ1) is 25.7. The molecule has 32 heavy (non-hydrogen) atoms. The van der Waals surface area contributed by atoms with Gasteiger partial charge in [0.1, 0.15) is 12.6 Å². The van der Waals surface area contributed by atoms with Gasteiger partial charge in [-0.3, -0.25) is 13.9 Å². The predicted molar refractivity (Wildman–Crippen MR) is 128 cm³/mol. The second-order valence-electron chi connectivity index (χ2n) is 7.72. The number of benzene rings is 2. The van der Waals surface area contributed by atoms with Crippen LogP contribution in [0, 0.1) is 13.8 Å². The molecule has 2 amide bonds. The third-order valence-corrected chi connectivity index (χ3v) is 6.79. The highest BCUT2D eigenvalue weighted by Gasteiger charge is 2.30. The summed E-state index contributed by atoms with van der Waals surface area (Å²) in [6.07, 6.45) is 1.03. The Morgan fingerprint density at radius 1 is 1.09 bits per heavy atom. The average molecular weight is 480 g/mol. The van der Waals surface area contributed by atoms with Crippen LogP contribution in [0.1, 0.15) is 30.5 Å². The molecule has 0 fully saturated rings. The van der Waals surface area contributed by atoms with E-state index in [-0.39, 0.29) is 18.1 Å². The Kier molecular flexibility index (Phi) is 8.69. The van der Waals surface area contributed by atoms with Crippen LogP contribution in [0.2, 0.25) is 5.02 Å². The van der Waals surface area contributed by atoms with E-state index in [1.54, 1.807) is 32.9 Å². The first-order chi connectivity index (χ1) is 15.0. The van der Waals surface area contributed by atoms with E-state index in [4.69, 9.17) is 11.6 Å². The van der Waals surface area contributed by atoms with E-state index >= 15 is 0 Å². The molecule has 0 bridgehead atoms. The molecule has 0 spiro atoms. The summed E-state index contributed by atoms with van der Waals surface area (Å²) in [5.41, 5.74) is 2.93. The van der Waals surface area contributed by atoms with Crippen molar-refractivity contribution in [3.05, 3.63) is 64.2 Å². The fourth-order valence-corrected chi connectivity index (χ4v) is 4.24. The molecular weight excluding hydrogens is 450 g/mol. The monoisotopic (exact) mass is 479 g/mol. The zero-order valence-corrected chi connectivity index (χ0v) is 20.6. The van der Waals surface area contributed by atoms with Crippen molar-refractivity contribution in [3.63, 3.8) is 0 Å². The number of sulfonamides is 1. The number of hydrogen-bond acceptors (Lipinski definition) is 4. The van der Waals surface area contributed by atoms with Crippen molar-refractivity contribution in [2.24, 2.45) is 0 Å². The van der Waals surface area contributed by atoms with Gasteiger partial charge in [-0.15, -0.1) is 0 Å². The molecule has 174 valence electrons. The highest BCUT2D eigenvalue weighted by Crippen LogP contribution is 2.25. The number of nitrogens with zero attached hydrogens (tertiary/aromatic N) is 2. The predicted octanol–water partition coefficient (Wildman–Crippen LogP) is 3.28. The Bertz CT molecular complexity index is 1090. The molecule has 2 aromatic rings. The lowest BCUT2D eigenvalue weighted by Crippen LogP contribution is -2.51. The highest BCUT2D eigenvalue weighted by atomic mass is 35.5. The van der Waals surface area contributed by atoms with Gasteiger partial charge in [-0.25, -0.2) is 8.42 Å². The smallest absolute Gasteiger partial charge is 0.244 e. The SMILES string of the molecule is CCNC(=O)C(C)N(Cc1ccccc1C)C(=O)CN(c1ccc(C)c(Cl)c1)S(C)(=O)=O. The van der Waals surface area contributed by atoms with Crippen molar-refractivity contribution in [2.45, 2.75) is 40.3 Å². The van der Waals surface area contributed by atoms with Gasteiger partial charge in [-0.05, 0) is 56.5 Å². The van der Waals surface area contributed by atoms with Crippen LogP contribution in [-0.4, -0.2) is 50.5 Å². The maximum atomic E-state index is 13.4. The third-order valence-electron chi connectivity index (χ3n) is 5.24. The van der Waals surface area contributed by atoms with Gasteiger partial charge in [-0.1, -0.05) is 41.9 Å². The molecule has 1 atom stereocenters. The molecule has 1 N–H and O–H groups in total. The van der Waals surface area contributed by atoms with Crippen LogP contribution in [-0.2, 0) is 26.2 Å². The van der Waals surface area contributed by atoms with Gasteiger partial charge in [0.2, 0.25) is 21.8 Å². The number of hydrogen-bond donors (Lipinski definition) is 1. The van der Waals surface area contributed by atoms with Crippen molar-refractivity contribution in [1.82, 2.24) is 10.2 Å². The molecule has 0 aliphatic heterocycles. The quantitative estimate of drug-likeness (QED) is 0.598. The standard InChI is InChI=1S/C23H30ClN3O4S/c1-6-25-23(29)18(4)26(14-19-10-8-7-9-16(19)2)22(28)15-27(32(5,30)31)20-12-11-17(3)21(24)13-20/h7-13,18H,6,14-15H2,1-5H3,(H,25,29). The summed E-state index contributed by atoms with van der Waals surface area (Å²) in [5, 5.41) is 3.13. The molecule has 2 aromatic carbocycles. The number of likely N-dealkylation sites (N-methyl/N-ethyl adjacent to an activating group) is 1. The number of anilines is 1. The number of nitrogens with one attached hydrogen (secondary N) is 1. The van der Waals surface area contributed by atoms with Crippen LogP contribution in [0.5, 0.6) is 0 Å². The van der Waals surface area contributed by atoms with Gasteiger partial charge < -0.3 is 10.2 Å². The van der Waals surface area contributed by atoms with Crippen molar-refractivity contribution >= 4 is 39.1 Å². The lowest BCUT2D eigenvalue weighted by atomic mass is 10.1. The Morgan fingerprint density at radius 3 is 2.31 bits per heavy atom. The zero-order valence-electron chi connectivity index (χ0n) is 19.1. The third kappa shape index (κ3) is 6.46. The minimum absolute atomic E-state index is 0.177. The first-order valence-corrected chi connectivity index (χ1v) is 12.5. The van der Waals surface area contributed by atoms with Crippen LogP contribution < -0.4 is 9.62 Å². The van der Waals surface area contributed by atoms with Gasteiger partial charge in [0.05, 0.1) is 11.9 Å². The van der Waals surface area contributed by atoms with Gasteiger partial charge >= 0.3 is 0 Å². The maximum absolute atomic E-state index is 13.4. The van der Waals surface area contributed by atoms with Gasteiger partial charge in [0.15, 0.2) is 0 Å². The van der Waals surface area contributed by atoms with Crippen LogP contribution in [0.4, 0.5) is 5.69 Å². The molecule has 9 heteroatoms. The van der Waals surface area contributed by atoms with Crippen molar-refractivity contribution in [3.8, 4) is 0 Å². The lowest BCUT2D eigenvalue weighted by molar-refractivity contribution is -0.139. The molecule has 0 aromatic heterocycles. The van der Waals surface area contributed by atoms with E-state index in [1.165, 1.54) is 11.0 Å². The van der Waals surface area contributed by atoms with Gasteiger partial charge in [-0.2, -0.15) is 0 Å². The number of carbonyl (C=O) groups is 2. The van der Waals surface area contributed by atoms with E-state index in [0.29, 0.717) is 11.6 Å². The summed E-state index contributed by atoms with van der Waals surface area (Å²) < 4.78 is 26.1. The number of aryl methyl sites for hydroxylation is 2. The summed E-state index contributed by atoms with van der Waals surface area (Å²) in [7, 11) is -3.79. The first-order valence-electron chi connectivity index (χ1n) is 10.3. The fraction of sp³-hybridized carbons (Fsp3) is 0.391. The van der Waals surface area contributed by atoms with Crippen LogP contribution in [0.15, 0.2) is 42.5 Å². The number of carbonyl (C=O) groups excluding carboxylic acids is 2. The Balaban J connectivity index is 2.42. The van der Waals surface area contributed by atoms with Crippen molar-refractivity contribution in [2.75, 3.05) is 23.7 Å². The second kappa shape index (κ2) is 10.8. The topological polar surface area (TPSA) is 86.8 Å². The molecule has 0 saturated heterocycles. The molecule has 0 radical (unpaired) electrons. The van der Waals surface area contributed by atoms with E-state index in [1.807, 2.05) is 31.2 Å². The van der Waals surface area contributed by atoms with E-state index in [0.717, 1.165) is 27.3 Å². The normalized spacial score (nSPS) is 12.2. The Hall–Kier alpha value is -2.58. The van der Waals surface area contributed by atoms with Crippen LogP contribution in [0.3, 0.4) is 0 Å². The molecule has 0 aliphatic rings. The fourth-order valence-electron chi connectivity index (χ4n) is 3.23. The summed E-state index contributed by atoms with van der Waals surface area (Å²) in [6.45, 7) is 7.31. The minimum atomic E-state index is -3.79. The van der Waals surface area contributed by atoms with Crippen molar-refractivity contribution < 1.29 is 18.0 Å². The maximum Gasteiger partial charge on any atom is 0.244 e. The zero-order chi connectivity index (χ0) is 24.1. The summed E-state index contributed by atoms with van der Waals surface area (Å²) in [5.74, 6) is -0.798. The molecule has 2 rings (SSSR count). The van der Waals surface area contributed by atoms with Gasteiger partial charge in [0.25, 0.3) is 0 Å². The van der Waals surface area contributed by atoms with Crippen LogP contribution in [0.25, 0.3) is 0 Å². The molecule has 7 nitrogen and oxygen atoms in total. The van der Waals surface area contributed by atoms with E-state index in [2.05, 4.69) is 5.32 Å². The lowest BCUT2D eigenvalue weighted by Gasteiger charge is -2.31. The Labute approximate surface area is 195 Å². The molecule has 0 heterocycles. The molecule has 0 aliphatic carbocycles. The van der Waals surface area contributed by atoms with E-state index < -0.39 is 28.5 Å². The summed E-state index contributed by atoms with van der Waals surface area (Å²) >= 11 is 6.19.